The van der Waals surface area contributed by atoms with E-state index in [1.54, 1.807) is 10.6 Å². The van der Waals surface area contributed by atoms with Crippen LogP contribution in [0.15, 0.2) is 64.8 Å². The molecule has 0 aliphatic carbocycles. The topological polar surface area (TPSA) is 82.7 Å². The van der Waals surface area contributed by atoms with Crippen molar-refractivity contribution in [1.29, 1.82) is 0 Å². The number of fused-ring (bicyclic) bond motifs is 2. The summed E-state index contributed by atoms with van der Waals surface area (Å²) >= 11 is 0. The van der Waals surface area contributed by atoms with Crippen LogP contribution in [-0.4, -0.2) is 20.6 Å². The molecule has 26 heavy (non-hydrogen) atoms. The summed E-state index contributed by atoms with van der Waals surface area (Å²) < 4.78 is 1.79. The number of aromatic amines is 1. The number of nitrogens with one attached hydrogen (secondary N) is 1. The Bertz CT molecular complexity index is 1100. The molecule has 4 aromatic rings. The Kier molecular flexibility index (Phi) is 4.01. The van der Waals surface area contributed by atoms with Gasteiger partial charge in [0, 0.05) is 22.8 Å². The van der Waals surface area contributed by atoms with Gasteiger partial charge in [-0.15, -0.1) is 10.2 Å². The fourth-order valence-corrected chi connectivity index (χ4v) is 3.16. The maximum absolute atomic E-state index is 12.4. The highest BCUT2D eigenvalue weighted by atomic mass is 16.3. The predicted octanol–water partition coefficient (Wildman–Crippen LogP) is 5.16. The number of rotatable bonds is 4. The number of carbonyl (C=O) groups is 1. The largest absolute Gasteiger partial charge is 0.493 e. The van der Waals surface area contributed by atoms with Crippen molar-refractivity contribution in [2.24, 2.45) is 10.2 Å². The number of aromatic hydroxyl groups is 1. The van der Waals surface area contributed by atoms with Gasteiger partial charge in [-0.3, -0.25) is 4.79 Å². The van der Waals surface area contributed by atoms with E-state index in [-0.39, 0.29) is 5.88 Å². The number of nitrogens with zero attached hydrogens (tertiary/aromatic N) is 3. The molecule has 0 atom stereocenters. The molecule has 6 heteroatoms. The van der Waals surface area contributed by atoms with Gasteiger partial charge in [-0.1, -0.05) is 43.3 Å². The van der Waals surface area contributed by atoms with E-state index in [0.29, 0.717) is 17.9 Å². The van der Waals surface area contributed by atoms with E-state index < -0.39 is 5.91 Å². The molecule has 0 bridgehead atoms. The second-order valence-electron chi connectivity index (χ2n) is 6.12. The van der Waals surface area contributed by atoms with Gasteiger partial charge in [0.05, 0.1) is 5.52 Å². The van der Waals surface area contributed by atoms with Crippen molar-refractivity contribution in [2.75, 3.05) is 0 Å². The summed E-state index contributed by atoms with van der Waals surface area (Å²) in [5.74, 6) is -0.450. The molecule has 0 spiro atoms. The van der Waals surface area contributed by atoms with Crippen LogP contribution in [0, 0.1) is 0 Å². The molecule has 0 aliphatic rings. The van der Waals surface area contributed by atoms with Crippen LogP contribution in [0.25, 0.3) is 21.8 Å². The molecule has 6 nitrogen and oxygen atoms in total. The smallest absolute Gasteiger partial charge is 0.311 e. The van der Waals surface area contributed by atoms with Crippen LogP contribution in [0.5, 0.6) is 5.88 Å². The summed E-state index contributed by atoms with van der Waals surface area (Å²) in [5, 5.41) is 20.1. The highest BCUT2D eigenvalue weighted by Crippen LogP contribution is 2.39. The normalized spacial score (nSPS) is 11.7. The van der Waals surface area contributed by atoms with Crippen molar-refractivity contribution < 1.29 is 9.90 Å². The van der Waals surface area contributed by atoms with Crippen LogP contribution in [0.2, 0.25) is 0 Å². The molecule has 0 saturated heterocycles. The van der Waals surface area contributed by atoms with E-state index in [4.69, 9.17) is 0 Å². The van der Waals surface area contributed by atoms with Gasteiger partial charge >= 0.3 is 5.91 Å². The van der Waals surface area contributed by atoms with Crippen LogP contribution in [-0.2, 0) is 6.54 Å². The number of H-pyrrole nitrogens is 1. The summed E-state index contributed by atoms with van der Waals surface area (Å²) in [7, 11) is 0. The average Bonchev–Trinajstić information content (AvgIpc) is 3.20. The van der Waals surface area contributed by atoms with Gasteiger partial charge < -0.3 is 14.7 Å². The Morgan fingerprint density at radius 3 is 2.73 bits per heavy atom. The second kappa shape index (κ2) is 6.48. The zero-order valence-corrected chi connectivity index (χ0v) is 14.3. The molecule has 0 radical (unpaired) electrons. The van der Waals surface area contributed by atoms with Crippen molar-refractivity contribution in [3.8, 4) is 5.88 Å². The molecule has 0 saturated carbocycles. The number of aryl methyl sites for hydroxylation is 1. The lowest BCUT2D eigenvalue weighted by Crippen LogP contribution is -1.95. The Morgan fingerprint density at radius 1 is 1.15 bits per heavy atom. The molecule has 4 rings (SSSR count). The highest BCUT2D eigenvalue weighted by Gasteiger charge is 2.16. The molecule has 130 valence electrons. The van der Waals surface area contributed by atoms with E-state index in [0.717, 1.165) is 28.2 Å². The second-order valence-corrected chi connectivity index (χ2v) is 6.12. The number of hydrogen-bond donors (Lipinski definition) is 2. The van der Waals surface area contributed by atoms with Gasteiger partial charge in [0.15, 0.2) is 5.69 Å². The number of hydrogen-bond acceptors (Lipinski definition) is 3. The summed E-state index contributed by atoms with van der Waals surface area (Å²) in [5.41, 5.74) is 2.43. The van der Waals surface area contributed by atoms with Crippen molar-refractivity contribution in [3.63, 3.8) is 0 Å². The minimum Gasteiger partial charge on any atom is -0.493 e. The number of benzene rings is 2. The standard InChI is InChI=1S/C20H18N4O2/c1-2-11-24-17-10-6-4-8-14(17)18(20(24)26)22-23-19(25)16-12-13-7-3-5-9-15(13)21-16/h3-10,12,21,26H,2,11H2,1H3. The lowest BCUT2D eigenvalue weighted by atomic mass is 10.2. The SMILES string of the molecule is CCCn1c(O)c(N=NC(=O)c2cc3ccccc3[nH]2)c2ccccc21. The third kappa shape index (κ3) is 2.65. The molecule has 0 aliphatic heterocycles. The number of amides is 1. The van der Waals surface area contributed by atoms with Crippen LogP contribution < -0.4 is 0 Å². The van der Waals surface area contributed by atoms with Gasteiger partial charge in [-0.05, 0) is 24.6 Å². The fourth-order valence-electron chi connectivity index (χ4n) is 3.16. The molecule has 2 N–H and O–H groups in total. The summed E-state index contributed by atoms with van der Waals surface area (Å²) in [6, 6.07) is 16.9. The quantitative estimate of drug-likeness (QED) is 0.500. The zero-order chi connectivity index (χ0) is 18.1. The molecule has 1 amide bonds. The first kappa shape index (κ1) is 16.1. The van der Waals surface area contributed by atoms with Crippen molar-refractivity contribution in [3.05, 3.63) is 60.3 Å². The lowest BCUT2D eigenvalue weighted by molar-refractivity contribution is 0.0991. The molecule has 2 heterocycles. The third-order valence-electron chi connectivity index (χ3n) is 4.37. The Hall–Kier alpha value is -3.41. The summed E-state index contributed by atoms with van der Waals surface area (Å²) in [6.45, 7) is 2.70. The molecular weight excluding hydrogens is 328 g/mol. The maximum Gasteiger partial charge on any atom is 0.311 e. The molecule has 0 unspecified atom stereocenters. The molecule has 2 aromatic carbocycles. The van der Waals surface area contributed by atoms with Gasteiger partial charge in [0.2, 0.25) is 5.88 Å². The van der Waals surface area contributed by atoms with Crippen LogP contribution in [0.4, 0.5) is 5.69 Å². The van der Waals surface area contributed by atoms with Crippen molar-refractivity contribution in [2.45, 2.75) is 19.9 Å². The van der Waals surface area contributed by atoms with E-state index in [1.165, 1.54) is 0 Å². The van der Waals surface area contributed by atoms with Gasteiger partial charge in [-0.2, -0.15) is 0 Å². The predicted molar refractivity (Wildman–Crippen MR) is 101 cm³/mol. The number of carbonyl (C=O) groups excluding carboxylic acids is 1. The zero-order valence-electron chi connectivity index (χ0n) is 14.3. The first-order valence-electron chi connectivity index (χ1n) is 8.53. The Balaban J connectivity index is 1.72. The van der Waals surface area contributed by atoms with Gasteiger partial charge in [0.1, 0.15) is 5.69 Å². The Labute approximate surface area is 149 Å². The monoisotopic (exact) mass is 346 g/mol. The van der Waals surface area contributed by atoms with E-state index in [1.807, 2.05) is 55.5 Å². The molecular formula is C20H18N4O2. The average molecular weight is 346 g/mol. The van der Waals surface area contributed by atoms with Gasteiger partial charge in [0.25, 0.3) is 0 Å². The Morgan fingerprint density at radius 2 is 1.92 bits per heavy atom. The van der Waals surface area contributed by atoms with Crippen LogP contribution >= 0.6 is 0 Å². The first-order chi connectivity index (χ1) is 12.7. The van der Waals surface area contributed by atoms with Crippen LogP contribution in [0.3, 0.4) is 0 Å². The fraction of sp³-hybridized carbons (Fsp3) is 0.150. The van der Waals surface area contributed by atoms with Crippen LogP contribution in [0.1, 0.15) is 23.8 Å². The highest BCUT2D eigenvalue weighted by molar-refractivity contribution is 5.99. The van der Waals surface area contributed by atoms with E-state index >= 15 is 0 Å². The summed E-state index contributed by atoms with van der Waals surface area (Å²) in [6.07, 6.45) is 0.872. The maximum atomic E-state index is 12.4. The van der Waals surface area contributed by atoms with E-state index in [2.05, 4.69) is 15.2 Å². The minimum absolute atomic E-state index is 0.0289. The number of aromatic nitrogens is 2. The molecule has 0 fully saturated rings. The third-order valence-corrected chi connectivity index (χ3v) is 4.37. The summed E-state index contributed by atoms with van der Waals surface area (Å²) in [4.78, 5) is 15.4. The minimum atomic E-state index is -0.479. The van der Waals surface area contributed by atoms with E-state index in [9.17, 15) is 9.90 Å². The number of azo groups is 1. The number of para-hydroxylation sites is 2. The lowest BCUT2D eigenvalue weighted by Gasteiger charge is -2.03. The van der Waals surface area contributed by atoms with Crippen molar-refractivity contribution >= 4 is 33.4 Å². The van der Waals surface area contributed by atoms with Gasteiger partial charge in [-0.25, -0.2) is 0 Å². The van der Waals surface area contributed by atoms with Crippen molar-refractivity contribution in [1.82, 2.24) is 9.55 Å². The molecule has 2 aromatic heterocycles. The first-order valence-corrected chi connectivity index (χ1v) is 8.53.